The molecule has 110 valence electrons. The van der Waals surface area contributed by atoms with Gasteiger partial charge in [0.05, 0.1) is 5.54 Å². The highest BCUT2D eigenvalue weighted by molar-refractivity contribution is 6.30. The molecular weight excluding hydrogens is 272 g/mol. The van der Waals surface area contributed by atoms with Crippen molar-refractivity contribution in [3.63, 3.8) is 0 Å². The van der Waals surface area contributed by atoms with E-state index in [9.17, 15) is 4.79 Å². The molecule has 0 aliphatic carbocycles. The molecule has 1 N–H and O–H groups in total. The zero-order chi connectivity index (χ0) is 14.8. The fraction of sp³-hybridized carbons (Fsp3) is 0.562. The monoisotopic (exact) mass is 294 g/mol. The topological polar surface area (TPSA) is 32.3 Å². The minimum Gasteiger partial charge on any atom is -0.347 e. The van der Waals surface area contributed by atoms with Gasteiger partial charge in [0.25, 0.3) is 0 Å². The summed E-state index contributed by atoms with van der Waals surface area (Å²) in [5.41, 5.74) is 0.689. The van der Waals surface area contributed by atoms with Gasteiger partial charge in [-0.05, 0) is 58.0 Å². The maximum atomic E-state index is 12.2. The number of halogens is 1. The van der Waals surface area contributed by atoms with E-state index in [2.05, 4.69) is 17.3 Å². The molecule has 0 radical (unpaired) electrons. The average molecular weight is 295 g/mol. The molecule has 1 atom stereocenters. The lowest BCUT2D eigenvalue weighted by Crippen LogP contribution is -2.43. The molecule has 4 heteroatoms. The molecule has 1 fully saturated rings. The van der Waals surface area contributed by atoms with Crippen molar-refractivity contribution in [2.45, 2.75) is 44.7 Å². The summed E-state index contributed by atoms with van der Waals surface area (Å²) in [7, 11) is 2.09. The Hall–Kier alpha value is -1.06. The van der Waals surface area contributed by atoms with Gasteiger partial charge in [-0.15, -0.1) is 0 Å². The number of rotatable bonds is 4. The molecule has 1 aliphatic heterocycles. The lowest BCUT2D eigenvalue weighted by Gasteiger charge is -2.28. The van der Waals surface area contributed by atoms with Gasteiger partial charge in [-0.25, -0.2) is 0 Å². The number of likely N-dealkylation sites (tertiary alicyclic amines) is 1. The van der Waals surface area contributed by atoms with Gasteiger partial charge in [0.2, 0.25) is 5.91 Å². The van der Waals surface area contributed by atoms with Gasteiger partial charge in [0, 0.05) is 17.5 Å². The van der Waals surface area contributed by atoms with Gasteiger partial charge in [-0.1, -0.05) is 23.7 Å². The maximum Gasteiger partial charge on any atom is 0.222 e. The van der Waals surface area contributed by atoms with Crippen molar-refractivity contribution in [3.05, 3.63) is 34.9 Å². The van der Waals surface area contributed by atoms with Crippen LogP contribution in [0.25, 0.3) is 0 Å². The number of hydrogen-bond donors (Lipinski definition) is 1. The van der Waals surface area contributed by atoms with E-state index < -0.39 is 0 Å². The molecule has 1 heterocycles. The summed E-state index contributed by atoms with van der Waals surface area (Å²) in [6.07, 6.45) is 2.88. The Morgan fingerprint density at radius 3 is 2.60 bits per heavy atom. The van der Waals surface area contributed by atoms with Crippen LogP contribution in [0.15, 0.2) is 24.3 Å². The standard InChI is InChI=1S/C16H23ClN2O/c1-16(2,12-6-8-13(17)9-7-12)18-15(20)11-14-5-4-10-19(14)3/h6-9,14H,4-5,10-11H2,1-3H3,(H,18,20)/t14-/m0/s1. The fourth-order valence-corrected chi connectivity index (χ4v) is 2.92. The molecule has 1 saturated heterocycles. The summed E-state index contributed by atoms with van der Waals surface area (Å²) in [6.45, 7) is 5.14. The normalized spacial score (nSPS) is 20.1. The Labute approximate surface area is 126 Å². The summed E-state index contributed by atoms with van der Waals surface area (Å²) in [5.74, 6) is 0.115. The number of hydrogen-bond acceptors (Lipinski definition) is 2. The lowest BCUT2D eigenvalue weighted by atomic mass is 9.94. The third kappa shape index (κ3) is 3.74. The predicted octanol–water partition coefficient (Wildman–Crippen LogP) is 3.18. The first-order chi connectivity index (χ1) is 9.38. The molecule has 0 saturated carbocycles. The summed E-state index contributed by atoms with van der Waals surface area (Å²) >= 11 is 5.90. The number of nitrogens with one attached hydrogen (secondary N) is 1. The van der Waals surface area contributed by atoms with Crippen LogP contribution >= 0.6 is 11.6 Å². The molecule has 0 aromatic heterocycles. The van der Waals surface area contributed by atoms with Gasteiger partial charge in [-0.3, -0.25) is 4.79 Å². The van der Waals surface area contributed by atoms with Gasteiger partial charge >= 0.3 is 0 Å². The van der Waals surface area contributed by atoms with E-state index in [0.717, 1.165) is 18.5 Å². The van der Waals surface area contributed by atoms with E-state index >= 15 is 0 Å². The SMILES string of the molecule is CN1CCC[C@H]1CC(=O)NC(C)(C)c1ccc(Cl)cc1. The quantitative estimate of drug-likeness (QED) is 0.925. The van der Waals surface area contributed by atoms with Gasteiger partial charge in [-0.2, -0.15) is 0 Å². The Kier molecular flexibility index (Phi) is 4.71. The van der Waals surface area contributed by atoms with E-state index in [1.807, 2.05) is 38.1 Å². The molecule has 0 bridgehead atoms. The summed E-state index contributed by atoms with van der Waals surface area (Å²) < 4.78 is 0. The molecule has 0 spiro atoms. The average Bonchev–Trinajstić information content (AvgIpc) is 2.74. The van der Waals surface area contributed by atoms with Crippen LogP contribution in [-0.4, -0.2) is 30.4 Å². The largest absolute Gasteiger partial charge is 0.347 e. The highest BCUT2D eigenvalue weighted by Crippen LogP contribution is 2.23. The molecule has 0 unspecified atom stereocenters. The molecule has 1 aliphatic rings. The molecule has 1 aromatic carbocycles. The second-order valence-electron chi connectivity index (χ2n) is 6.16. The number of benzene rings is 1. The Morgan fingerprint density at radius 2 is 2.05 bits per heavy atom. The second kappa shape index (κ2) is 6.15. The fourth-order valence-electron chi connectivity index (χ4n) is 2.79. The van der Waals surface area contributed by atoms with Crippen molar-refractivity contribution in [3.8, 4) is 0 Å². The van der Waals surface area contributed by atoms with Crippen molar-refractivity contribution in [1.82, 2.24) is 10.2 Å². The Balaban J connectivity index is 1.96. The van der Waals surface area contributed by atoms with Crippen LogP contribution in [-0.2, 0) is 10.3 Å². The van der Waals surface area contributed by atoms with Crippen LogP contribution in [0.4, 0.5) is 0 Å². The number of carbonyl (C=O) groups is 1. The first-order valence-corrected chi connectivity index (χ1v) is 7.53. The summed E-state index contributed by atoms with van der Waals surface area (Å²) in [4.78, 5) is 14.5. The van der Waals surface area contributed by atoms with Crippen LogP contribution in [0.3, 0.4) is 0 Å². The molecular formula is C16H23ClN2O. The van der Waals surface area contributed by atoms with E-state index in [-0.39, 0.29) is 11.4 Å². The van der Waals surface area contributed by atoms with Crippen molar-refractivity contribution in [2.75, 3.05) is 13.6 Å². The van der Waals surface area contributed by atoms with Crippen molar-refractivity contribution < 1.29 is 4.79 Å². The third-order valence-electron chi connectivity index (χ3n) is 4.11. The Bertz CT molecular complexity index is 470. The number of amides is 1. The molecule has 2 rings (SSSR count). The number of carbonyl (C=O) groups excluding carboxylic acids is 1. The van der Waals surface area contributed by atoms with E-state index in [0.29, 0.717) is 17.5 Å². The van der Waals surface area contributed by atoms with Crippen molar-refractivity contribution in [2.24, 2.45) is 0 Å². The summed E-state index contributed by atoms with van der Waals surface area (Å²) in [6, 6.07) is 8.02. The van der Waals surface area contributed by atoms with Crippen LogP contribution in [0.2, 0.25) is 5.02 Å². The van der Waals surface area contributed by atoms with E-state index in [4.69, 9.17) is 11.6 Å². The molecule has 1 aromatic rings. The van der Waals surface area contributed by atoms with Gasteiger partial charge in [0.15, 0.2) is 0 Å². The zero-order valence-corrected chi connectivity index (χ0v) is 13.2. The van der Waals surface area contributed by atoms with E-state index in [1.165, 1.54) is 6.42 Å². The molecule has 1 amide bonds. The first-order valence-electron chi connectivity index (χ1n) is 7.16. The first kappa shape index (κ1) is 15.3. The number of nitrogens with zero attached hydrogens (tertiary/aromatic N) is 1. The maximum absolute atomic E-state index is 12.2. The molecule has 3 nitrogen and oxygen atoms in total. The highest BCUT2D eigenvalue weighted by atomic mass is 35.5. The van der Waals surface area contributed by atoms with Crippen LogP contribution < -0.4 is 5.32 Å². The van der Waals surface area contributed by atoms with Crippen LogP contribution in [0, 0.1) is 0 Å². The van der Waals surface area contributed by atoms with Crippen molar-refractivity contribution in [1.29, 1.82) is 0 Å². The van der Waals surface area contributed by atoms with E-state index in [1.54, 1.807) is 0 Å². The summed E-state index contributed by atoms with van der Waals surface area (Å²) in [5, 5.41) is 3.84. The van der Waals surface area contributed by atoms with Crippen molar-refractivity contribution >= 4 is 17.5 Å². The molecule has 20 heavy (non-hydrogen) atoms. The van der Waals surface area contributed by atoms with Gasteiger partial charge in [0.1, 0.15) is 0 Å². The van der Waals surface area contributed by atoms with Crippen LogP contribution in [0.5, 0.6) is 0 Å². The van der Waals surface area contributed by atoms with Crippen LogP contribution in [0.1, 0.15) is 38.7 Å². The predicted molar refractivity (Wildman–Crippen MR) is 82.9 cm³/mol. The Morgan fingerprint density at radius 1 is 1.40 bits per heavy atom. The van der Waals surface area contributed by atoms with Gasteiger partial charge < -0.3 is 10.2 Å². The smallest absolute Gasteiger partial charge is 0.222 e. The highest BCUT2D eigenvalue weighted by Gasteiger charge is 2.27. The lowest BCUT2D eigenvalue weighted by molar-refractivity contribution is -0.123. The minimum absolute atomic E-state index is 0.115. The zero-order valence-electron chi connectivity index (χ0n) is 12.4. The minimum atomic E-state index is -0.376. The second-order valence-corrected chi connectivity index (χ2v) is 6.60. The third-order valence-corrected chi connectivity index (χ3v) is 4.36.